The third kappa shape index (κ3) is 5.83. The highest BCUT2D eigenvalue weighted by atomic mass is 15.1. The number of hydrogen-bond donors (Lipinski definition) is 1. The van der Waals surface area contributed by atoms with E-state index < -0.39 is 0 Å². The van der Waals surface area contributed by atoms with E-state index >= 15 is 0 Å². The van der Waals surface area contributed by atoms with Gasteiger partial charge in [-0.1, -0.05) is 47.5 Å². The van der Waals surface area contributed by atoms with E-state index in [1.807, 2.05) is 0 Å². The van der Waals surface area contributed by atoms with Gasteiger partial charge in [-0.25, -0.2) is 0 Å². The molecule has 0 heterocycles. The van der Waals surface area contributed by atoms with Crippen molar-refractivity contribution >= 4 is 0 Å². The minimum absolute atomic E-state index is 0.530. The van der Waals surface area contributed by atoms with E-state index in [2.05, 4.69) is 44.8 Å². The Hall–Kier alpha value is -0.0800. The van der Waals surface area contributed by atoms with Gasteiger partial charge in [0, 0.05) is 19.1 Å². The fraction of sp³-hybridized carbons (Fsp3) is 1.00. The van der Waals surface area contributed by atoms with Gasteiger partial charge in [0.25, 0.3) is 0 Å². The molecule has 0 aromatic carbocycles. The zero-order chi connectivity index (χ0) is 14.3. The highest BCUT2D eigenvalue weighted by molar-refractivity contribution is 4.89. The molecule has 0 unspecified atom stereocenters. The number of nitrogens with zero attached hydrogens (tertiary/aromatic N) is 1. The van der Waals surface area contributed by atoms with Crippen molar-refractivity contribution in [3.05, 3.63) is 0 Å². The summed E-state index contributed by atoms with van der Waals surface area (Å²) in [5, 5.41) is 3.72. The second-order valence-electron chi connectivity index (χ2n) is 7.09. The van der Waals surface area contributed by atoms with Crippen molar-refractivity contribution in [1.29, 1.82) is 0 Å². The average Bonchev–Trinajstić information content (AvgIpc) is 2.39. The Labute approximate surface area is 121 Å². The fourth-order valence-electron chi connectivity index (χ4n) is 3.33. The summed E-state index contributed by atoms with van der Waals surface area (Å²) in [5.74, 6) is 0.938. The molecular weight excluding hydrogens is 232 g/mol. The number of rotatable bonds is 8. The van der Waals surface area contributed by atoms with Gasteiger partial charge in [0.15, 0.2) is 0 Å². The van der Waals surface area contributed by atoms with E-state index in [1.54, 1.807) is 0 Å². The molecule has 2 heteroatoms. The number of nitrogens with one attached hydrogen (secondary N) is 1. The van der Waals surface area contributed by atoms with Crippen molar-refractivity contribution < 1.29 is 0 Å². The first-order chi connectivity index (χ1) is 9.01. The molecule has 0 aromatic rings. The molecule has 2 nitrogen and oxygen atoms in total. The van der Waals surface area contributed by atoms with Crippen molar-refractivity contribution in [2.75, 3.05) is 26.2 Å². The van der Waals surface area contributed by atoms with Crippen LogP contribution in [0.4, 0.5) is 0 Å². The summed E-state index contributed by atoms with van der Waals surface area (Å²) in [6.07, 6.45) is 6.94. The molecule has 1 aliphatic carbocycles. The summed E-state index contributed by atoms with van der Waals surface area (Å²) in [5.41, 5.74) is 0.530. The van der Waals surface area contributed by atoms with Crippen LogP contribution in [0.1, 0.15) is 66.7 Å². The Morgan fingerprint density at radius 1 is 1.21 bits per heavy atom. The predicted octanol–water partition coefficient (Wildman–Crippen LogP) is 3.91. The Bertz CT molecular complexity index is 229. The molecule has 1 rings (SSSR count). The molecule has 1 saturated carbocycles. The molecule has 114 valence electrons. The average molecular weight is 268 g/mol. The molecule has 1 aliphatic rings. The van der Waals surface area contributed by atoms with Crippen molar-refractivity contribution in [2.24, 2.45) is 11.3 Å². The van der Waals surface area contributed by atoms with E-state index in [-0.39, 0.29) is 0 Å². The third-order valence-corrected chi connectivity index (χ3v) is 4.77. The third-order valence-electron chi connectivity index (χ3n) is 4.77. The summed E-state index contributed by atoms with van der Waals surface area (Å²) in [6, 6.07) is 0.609. The van der Waals surface area contributed by atoms with Crippen LogP contribution in [0.2, 0.25) is 0 Å². The summed E-state index contributed by atoms with van der Waals surface area (Å²) in [6.45, 7) is 16.5. The molecular formula is C17H36N2. The monoisotopic (exact) mass is 268 g/mol. The first-order valence-electron chi connectivity index (χ1n) is 8.47. The molecule has 0 bridgehead atoms. The highest BCUT2D eigenvalue weighted by Gasteiger charge is 2.35. The summed E-state index contributed by atoms with van der Waals surface area (Å²) in [7, 11) is 0. The molecule has 0 spiro atoms. The Kier molecular flexibility index (Phi) is 7.38. The predicted molar refractivity (Wildman–Crippen MR) is 85.6 cm³/mol. The van der Waals surface area contributed by atoms with Crippen LogP contribution in [0.3, 0.4) is 0 Å². The smallest absolute Gasteiger partial charge is 0.00500 e. The SMILES string of the molecule is CCCN(CC)CC1(CNC(C)C)CCC(C)CC1. The van der Waals surface area contributed by atoms with Crippen LogP contribution in [-0.2, 0) is 0 Å². The van der Waals surface area contributed by atoms with Gasteiger partial charge in [0.1, 0.15) is 0 Å². The standard InChI is InChI=1S/C17H36N2/c1-6-12-19(7-2)14-17(13-18-15(3)4)10-8-16(5)9-11-17/h15-16,18H,6-14H2,1-5H3. The number of hydrogen-bond acceptors (Lipinski definition) is 2. The van der Waals surface area contributed by atoms with Crippen LogP contribution in [0.25, 0.3) is 0 Å². The van der Waals surface area contributed by atoms with Crippen LogP contribution < -0.4 is 5.32 Å². The van der Waals surface area contributed by atoms with Gasteiger partial charge in [0.2, 0.25) is 0 Å². The largest absolute Gasteiger partial charge is 0.314 e. The Balaban J connectivity index is 2.62. The normalized spacial score (nSPS) is 28.3. The summed E-state index contributed by atoms with van der Waals surface area (Å²) < 4.78 is 0. The minimum Gasteiger partial charge on any atom is -0.314 e. The lowest BCUT2D eigenvalue weighted by atomic mass is 9.70. The van der Waals surface area contributed by atoms with E-state index in [1.165, 1.54) is 58.3 Å². The van der Waals surface area contributed by atoms with Gasteiger partial charge in [-0.3, -0.25) is 0 Å². The first kappa shape index (κ1) is 17.0. The highest BCUT2D eigenvalue weighted by Crippen LogP contribution is 2.39. The van der Waals surface area contributed by atoms with Crippen LogP contribution in [0, 0.1) is 11.3 Å². The van der Waals surface area contributed by atoms with Gasteiger partial charge in [-0.15, -0.1) is 0 Å². The van der Waals surface area contributed by atoms with Gasteiger partial charge >= 0.3 is 0 Å². The minimum atomic E-state index is 0.530. The molecule has 19 heavy (non-hydrogen) atoms. The van der Waals surface area contributed by atoms with E-state index in [4.69, 9.17) is 0 Å². The zero-order valence-corrected chi connectivity index (χ0v) is 14.0. The second-order valence-corrected chi connectivity index (χ2v) is 7.09. The van der Waals surface area contributed by atoms with E-state index in [0.29, 0.717) is 11.5 Å². The Morgan fingerprint density at radius 3 is 2.32 bits per heavy atom. The van der Waals surface area contributed by atoms with Crippen molar-refractivity contribution in [1.82, 2.24) is 10.2 Å². The van der Waals surface area contributed by atoms with Crippen molar-refractivity contribution in [3.63, 3.8) is 0 Å². The van der Waals surface area contributed by atoms with Gasteiger partial charge in [0.05, 0.1) is 0 Å². The maximum atomic E-state index is 3.72. The molecule has 0 aromatic heterocycles. The van der Waals surface area contributed by atoms with Crippen LogP contribution in [0.15, 0.2) is 0 Å². The van der Waals surface area contributed by atoms with Crippen LogP contribution in [0.5, 0.6) is 0 Å². The molecule has 1 fully saturated rings. The van der Waals surface area contributed by atoms with Crippen LogP contribution >= 0.6 is 0 Å². The lowest BCUT2D eigenvalue weighted by Crippen LogP contribution is -2.47. The summed E-state index contributed by atoms with van der Waals surface area (Å²) >= 11 is 0. The van der Waals surface area contributed by atoms with E-state index in [9.17, 15) is 0 Å². The topological polar surface area (TPSA) is 15.3 Å². The van der Waals surface area contributed by atoms with Gasteiger partial charge < -0.3 is 10.2 Å². The molecule has 0 atom stereocenters. The van der Waals surface area contributed by atoms with Crippen molar-refractivity contribution in [2.45, 2.75) is 72.8 Å². The van der Waals surface area contributed by atoms with Gasteiger partial charge in [-0.2, -0.15) is 0 Å². The fourth-order valence-corrected chi connectivity index (χ4v) is 3.33. The maximum Gasteiger partial charge on any atom is 0.00500 e. The van der Waals surface area contributed by atoms with Gasteiger partial charge in [-0.05, 0) is 43.7 Å². The molecule has 0 aliphatic heterocycles. The van der Waals surface area contributed by atoms with Crippen LogP contribution in [-0.4, -0.2) is 37.1 Å². The summed E-state index contributed by atoms with van der Waals surface area (Å²) in [4.78, 5) is 2.66. The molecule has 0 radical (unpaired) electrons. The lowest BCUT2D eigenvalue weighted by Gasteiger charge is -2.43. The first-order valence-corrected chi connectivity index (χ1v) is 8.47. The van der Waals surface area contributed by atoms with Crippen molar-refractivity contribution in [3.8, 4) is 0 Å². The lowest BCUT2D eigenvalue weighted by molar-refractivity contribution is 0.0868. The maximum absolute atomic E-state index is 3.72. The quantitative estimate of drug-likeness (QED) is 0.718. The van der Waals surface area contributed by atoms with E-state index in [0.717, 1.165) is 5.92 Å². The second kappa shape index (κ2) is 8.26. The molecule has 1 N–H and O–H groups in total. The Morgan fingerprint density at radius 2 is 1.84 bits per heavy atom. The molecule has 0 amide bonds. The molecule has 0 saturated heterocycles. The zero-order valence-electron chi connectivity index (χ0n) is 14.0.